The van der Waals surface area contributed by atoms with Gasteiger partial charge >= 0.3 is 0 Å². The van der Waals surface area contributed by atoms with Gasteiger partial charge in [-0.3, -0.25) is 4.72 Å². The van der Waals surface area contributed by atoms with E-state index in [1.807, 2.05) is 0 Å². The number of H-pyrrole nitrogens is 1. The number of anilines is 1. The molecule has 2 aromatic rings. The lowest BCUT2D eigenvalue weighted by molar-refractivity contribution is 0.598. The summed E-state index contributed by atoms with van der Waals surface area (Å²) in [4.78, 5) is 6.50. The highest BCUT2D eigenvalue weighted by atomic mass is 79.9. The van der Waals surface area contributed by atoms with Crippen LogP contribution in [0, 0.1) is 6.92 Å². The number of rotatable bonds is 3. The fraction of sp³-hybridized carbons (Fsp3) is 0.100. The zero-order valence-corrected chi connectivity index (χ0v) is 12.4. The molecule has 0 atom stereocenters. The van der Waals surface area contributed by atoms with Gasteiger partial charge in [0.25, 0.3) is 10.0 Å². The molecule has 0 radical (unpaired) electrons. The topological polar surface area (TPSA) is 74.8 Å². The summed E-state index contributed by atoms with van der Waals surface area (Å²) < 4.78 is 27.2. The summed E-state index contributed by atoms with van der Waals surface area (Å²) >= 11 is 9.19. The van der Waals surface area contributed by atoms with Crippen molar-refractivity contribution in [1.82, 2.24) is 9.97 Å². The molecule has 8 heteroatoms. The van der Waals surface area contributed by atoms with E-state index < -0.39 is 10.0 Å². The smallest absolute Gasteiger partial charge is 0.279 e. The van der Waals surface area contributed by atoms with Crippen LogP contribution in [0.1, 0.15) is 5.82 Å². The first kappa shape index (κ1) is 13.4. The first-order valence-electron chi connectivity index (χ1n) is 4.88. The van der Waals surface area contributed by atoms with Gasteiger partial charge in [0.15, 0.2) is 5.03 Å². The Morgan fingerprint density at radius 3 is 2.72 bits per heavy atom. The van der Waals surface area contributed by atoms with Crippen LogP contribution in [0.5, 0.6) is 0 Å². The van der Waals surface area contributed by atoms with Crippen molar-refractivity contribution >= 4 is 43.2 Å². The van der Waals surface area contributed by atoms with Crippen LogP contribution in [0.25, 0.3) is 0 Å². The van der Waals surface area contributed by atoms with Gasteiger partial charge in [-0.2, -0.15) is 8.42 Å². The second-order valence-corrected chi connectivity index (χ2v) is 6.54. The second-order valence-electron chi connectivity index (χ2n) is 3.56. The molecule has 0 aliphatic heterocycles. The Hall–Kier alpha value is -1.05. The molecule has 1 heterocycles. The third kappa shape index (κ3) is 2.85. The van der Waals surface area contributed by atoms with E-state index in [4.69, 9.17) is 11.6 Å². The number of aromatic nitrogens is 2. The highest BCUT2D eigenvalue weighted by Gasteiger charge is 2.17. The molecule has 1 aromatic heterocycles. The zero-order chi connectivity index (χ0) is 13.3. The number of hydrogen-bond donors (Lipinski definition) is 2. The van der Waals surface area contributed by atoms with Crippen LogP contribution >= 0.6 is 27.5 Å². The van der Waals surface area contributed by atoms with Crippen molar-refractivity contribution < 1.29 is 8.42 Å². The monoisotopic (exact) mass is 349 g/mol. The highest BCUT2D eigenvalue weighted by Crippen LogP contribution is 2.27. The minimum Gasteiger partial charge on any atom is -0.332 e. The number of nitrogens with one attached hydrogen (secondary N) is 2. The van der Waals surface area contributed by atoms with Crippen molar-refractivity contribution in [3.8, 4) is 0 Å². The lowest BCUT2D eigenvalue weighted by Gasteiger charge is -2.08. The molecule has 0 fully saturated rings. The standard InChI is InChI=1S/C10H9BrClN3O2S/c1-6-13-5-10(14-6)18(16,17)15-9-3-2-7(11)4-8(9)12/h2-5,15H,1H3,(H,13,14). The lowest BCUT2D eigenvalue weighted by atomic mass is 10.3. The Morgan fingerprint density at radius 2 is 2.17 bits per heavy atom. The fourth-order valence-corrected chi connectivity index (χ4v) is 3.13. The molecular formula is C10H9BrClN3O2S. The highest BCUT2D eigenvalue weighted by molar-refractivity contribution is 9.10. The summed E-state index contributed by atoms with van der Waals surface area (Å²) in [7, 11) is -3.70. The number of benzene rings is 1. The number of sulfonamides is 1. The van der Waals surface area contributed by atoms with Gasteiger partial charge < -0.3 is 4.98 Å². The van der Waals surface area contributed by atoms with E-state index in [0.29, 0.717) is 16.5 Å². The van der Waals surface area contributed by atoms with E-state index >= 15 is 0 Å². The Bertz CT molecular complexity index is 684. The molecule has 18 heavy (non-hydrogen) atoms. The fourth-order valence-electron chi connectivity index (χ4n) is 1.31. The van der Waals surface area contributed by atoms with Gasteiger partial charge in [-0.25, -0.2) is 4.98 Å². The van der Waals surface area contributed by atoms with Crippen molar-refractivity contribution in [2.24, 2.45) is 0 Å². The van der Waals surface area contributed by atoms with Crippen molar-refractivity contribution in [2.75, 3.05) is 4.72 Å². The average Bonchev–Trinajstić information content (AvgIpc) is 2.70. The van der Waals surface area contributed by atoms with Gasteiger partial charge in [-0.05, 0) is 25.1 Å². The summed E-state index contributed by atoms with van der Waals surface area (Å²) in [5.41, 5.74) is 0.312. The molecule has 2 rings (SSSR count). The Kier molecular flexibility index (Phi) is 3.65. The van der Waals surface area contributed by atoms with E-state index in [0.717, 1.165) is 4.47 Å². The predicted molar refractivity (Wildman–Crippen MR) is 73.3 cm³/mol. The van der Waals surface area contributed by atoms with E-state index in [2.05, 4.69) is 30.6 Å². The molecule has 5 nitrogen and oxygen atoms in total. The number of aromatic amines is 1. The third-order valence-electron chi connectivity index (χ3n) is 2.14. The summed E-state index contributed by atoms with van der Waals surface area (Å²) in [5.74, 6) is 0.525. The molecule has 96 valence electrons. The minimum atomic E-state index is -3.70. The Balaban J connectivity index is 2.33. The molecular weight excluding hydrogens is 342 g/mol. The normalized spacial score (nSPS) is 11.5. The first-order chi connectivity index (χ1) is 8.38. The van der Waals surface area contributed by atoms with Gasteiger partial charge in [-0.15, -0.1) is 0 Å². The maximum Gasteiger partial charge on any atom is 0.279 e. The van der Waals surface area contributed by atoms with Crippen LogP contribution in [0.4, 0.5) is 5.69 Å². The van der Waals surface area contributed by atoms with Gasteiger partial charge in [-0.1, -0.05) is 27.5 Å². The number of imidazole rings is 1. The lowest BCUT2D eigenvalue weighted by Crippen LogP contribution is -2.13. The van der Waals surface area contributed by atoms with E-state index in [-0.39, 0.29) is 5.03 Å². The van der Waals surface area contributed by atoms with Crippen LogP contribution in [-0.2, 0) is 10.0 Å². The zero-order valence-electron chi connectivity index (χ0n) is 9.24. The van der Waals surface area contributed by atoms with Gasteiger partial charge in [0.1, 0.15) is 5.82 Å². The molecule has 0 spiro atoms. The SMILES string of the molecule is Cc1ncc(S(=O)(=O)Nc2ccc(Br)cc2Cl)[nH]1. The molecule has 0 saturated heterocycles. The molecule has 1 aromatic carbocycles. The molecule has 2 N–H and O–H groups in total. The molecule has 0 unspecified atom stereocenters. The van der Waals surface area contributed by atoms with Crippen LogP contribution in [0.2, 0.25) is 5.02 Å². The maximum absolute atomic E-state index is 12.0. The van der Waals surface area contributed by atoms with Crippen LogP contribution in [0.3, 0.4) is 0 Å². The maximum atomic E-state index is 12.0. The van der Waals surface area contributed by atoms with Gasteiger partial charge in [0.2, 0.25) is 0 Å². The third-order valence-corrected chi connectivity index (χ3v) is 4.23. The molecule has 0 saturated carbocycles. The van der Waals surface area contributed by atoms with Crippen molar-refractivity contribution in [2.45, 2.75) is 11.9 Å². The van der Waals surface area contributed by atoms with E-state index in [9.17, 15) is 8.42 Å². The van der Waals surface area contributed by atoms with Crippen molar-refractivity contribution in [3.05, 3.63) is 39.7 Å². The van der Waals surface area contributed by atoms with Crippen LogP contribution in [-0.4, -0.2) is 18.4 Å². The molecule has 0 bridgehead atoms. The summed E-state index contributed by atoms with van der Waals surface area (Å²) in [5, 5.41) is 0.308. The largest absolute Gasteiger partial charge is 0.332 e. The minimum absolute atomic E-state index is 0.000939. The van der Waals surface area contributed by atoms with Crippen molar-refractivity contribution in [3.63, 3.8) is 0 Å². The predicted octanol–water partition coefficient (Wildman–Crippen LogP) is 2.93. The first-order valence-corrected chi connectivity index (χ1v) is 7.53. The average molecular weight is 351 g/mol. The molecule has 0 aliphatic carbocycles. The number of nitrogens with zero attached hydrogens (tertiary/aromatic N) is 1. The van der Waals surface area contributed by atoms with E-state index in [1.165, 1.54) is 6.20 Å². The second kappa shape index (κ2) is 4.91. The Morgan fingerprint density at radius 1 is 1.44 bits per heavy atom. The molecule has 0 amide bonds. The van der Waals surface area contributed by atoms with Gasteiger partial charge in [0.05, 0.1) is 16.9 Å². The molecule has 0 aliphatic rings. The van der Waals surface area contributed by atoms with E-state index in [1.54, 1.807) is 25.1 Å². The summed E-state index contributed by atoms with van der Waals surface area (Å²) in [6.45, 7) is 1.67. The number of hydrogen-bond acceptors (Lipinski definition) is 3. The van der Waals surface area contributed by atoms with Crippen molar-refractivity contribution in [1.29, 1.82) is 0 Å². The summed E-state index contributed by atoms with van der Waals surface area (Å²) in [6, 6.07) is 4.88. The summed E-state index contributed by atoms with van der Waals surface area (Å²) in [6.07, 6.45) is 1.25. The Labute approximate surface area is 118 Å². The van der Waals surface area contributed by atoms with Crippen LogP contribution < -0.4 is 4.72 Å². The van der Waals surface area contributed by atoms with Crippen LogP contribution in [0.15, 0.2) is 33.9 Å². The quantitative estimate of drug-likeness (QED) is 0.893. The number of aryl methyl sites for hydroxylation is 1. The number of halogens is 2. The van der Waals surface area contributed by atoms with Gasteiger partial charge in [0, 0.05) is 4.47 Å².